The number of nitrogens with two attached hydrogens (primary N) is 1. The predicted octanol–water partition coefficient (Wildman–Crippen LogP) is 2.45. The molecule has 3 heteroatoms. The molecule has 1 amide bonds. The van der Waals surface area contributed by atoms with E-state index >= 15 is 0 Å². The highest BCUT2D eigenvalue weighted by atomic mass is 16.1. The Morgan fingerprint density at radius 3 is 2.78 bits per heavy atom. The third-order valence-electron chi connectivity index (χ3n) is 3.95. The normalized spacial score (nSPS) is 23.8. The quantitative estimate of drug-likeness (QED) is 0.857. The molecular formula is C15H22N2O. The SMILES string of the molecule is CC1CCCCC1NCc1ccccc1C(N)=O. The Morgan fingerprint density at radius 1 is 1.33 bits per heavy atom. The highest BCUT2D eigenvalue weighted by molar-refractivity contribution is 5.94. The highest BCUT2D eigenvalue weighted by Gasteiger charge is 2.20. The van der Waals surface area contributed by atoms with Crippen molar-refractivity contribution in [3.05, 3.63) is 35.4 Å². The Hall–Kier alpha value is -1.35. The van der Waals surface area contributed by atoms with Crippen molar-refractivity contribution in [3.8, 4) is 0 Å². The van der Waals surface area contributed by atoms with Crippen molar-refractivity contribution in [1.82, 2.24) is 5.32 Å². The van der Waals surface area contributed by atoms with Crippen LogP contribution in [0.25, 0.3) is 0 Å². The van der Waals surface area contributed by atoms with Gasteiger partial charge < -0.3 is 11.1 Å². The third kappa shape index (κ3) is 3.10. The van der Waals surface area contributed by atoms with Crippen molar-refractivity contribution in [3.63, 3.8) is 0 Å². The van der Waals surface area contributed by atoms with Crippen LogP contribution in [0.3, 0.4) is 0 Å². The first-order chi connectivity index (χ1) is 8.68. The van der Waals surface area contributed by atoms with Crippen LogP contribution in [0.2, 0.25) is 0 Å². The van der Waals surface area contributed by atoms with Crippen LogP contribution in [0.1, 0.15) is 48.5 Å². The molecular weight excluding hydrogens is 224 g/mol. The molecule has 0 saturated heterocycles. The molecule has 1 saturated carbocycles. The van der Waals surface area contributed by atoms with Gasteiger partial charge in [-0.05, 0) is 30.4 Å². The second-order valence-corrected chi connectivity index (χ2v) is 5.27. The van der Waals surface area contributed by atoms with E-state index in [2.05, 4.69) is 12.2 Å². The molecule has 3 nitrogen and oxygen atoms in total. The molecule has 2 unspecified atom stereocenters. The topological polar surface area (TPSA) is 55.1 Å². The van der Waals surface area contributed by atoms with E-state index in [1.807, 2.05) is 18.2 Å². The molecule has 0 bridgehead atoms. The highest BCUT2D eigenvalue weighted by Crippen LogP contribution is 2.24. The summed E-state index contributed by atoms with van der Waals surface area (Å²) in [6.45, 7) is 3.03. The van der Waals surface area contributed by atoms with E-state index in [1.54, 1.807) is 6.07 Å². The van der Waals surface area contributed by atoms with Crippen LogP contribution in [-0.2, 0) is 6.54 Å². The Labute approximate surface area is 109 Å². The minimum absolute atomic E-state index is 0.343. The number of primary amides is 1. The van der Waals surface area contributed by atoms with Crippen molar-refractivity contribution in [2.45, 2.75) is 45.2 Å². The van der Waals surface area contributed by atoms with Gasteiger partial charge in [-0.2, -0.15) is 0 Å². The minimum atomic E-state index is -0.343. The van der Waals surface area contributed by atoms with Crippen LogP contribution < -0.4 is 11.1 Å². The molecule has 18 heavy (non-hydrogen) atoms. The number of nitrogens with one attached hydrogen (secondary N) is 1. The predicted molar refractivity (Wildman–Crippen MR) is 73.2 cm³/mol. The van der Waals surface area contributed by atoms with Gasteiger partial charge >= 0.3 is 0 Å². The number of hydrogen-bond donors (Lipinski definition) is 2. The van der Waals surface area contributed by atoms with Gasteiger partial charge in [0.1, 0.15) is 0 Å². The van der Waals surface area contributed by atoms with Crippen LogP contribution in [0, 0.1) is 5.92 Å². The molecule has 1 aliphatic rings. The standard InChI is InChI=1S/C15H22N2O/c1-11-6-2-5-9-14(11)17-10-12-7-3-4-8-13(12)15(16)18/h3-4,7-8,11,14,17H,2,5-6,9-10H2,1H3,(H2,16,18). The molecule has 0 heterocycles. The van der Waals surface area contributed by atoms with E-state index in [1.165, 1.54) is 25.7 Å². The molecule has 1 aromatic rings. The summed E-state index contributed by atoms with van der Waals surface area (Å²) in [5.41, 5.74) is 7.02. The van der Waals surface area contributed by atoms with E-state index in [9.17, 15) is 4.79 Å². The molecule has 0 aliphatic heterocycles. The van der Waals surface area contributed by atoms with Gasteiger partial charge in [0.05, 0.1) is 0 Å². The maximum Gasteiger partial charge on any atom is 0.249 e. The second-order valence-electron chi connectivity index (χ2n) is 5.27. The molecule has 2 rings (SSSR count). The lowest BCUT2D eigenvalue weighted by atomic mass is 9.86. The molecule has 0 spiro atoms. The lowest BCUT2D eigenvalue weighted by Gasteiger charge is -2.29. The van der Waals surface area contributed by atoms with Crippen LogP contribution in [0.4, 0.5) is 0 Å². The average Bonchev–Trinajstić information content (AvgIpc) is 2.38. The van der Waals surface area contributed by atoms with Crippen LogP contribution in [0.15, 0.2) is 24.3 Å². The number of hydrogen-bond acceptors (Lipinski definition) is 2. The van der Waals surface area contributed by atoms with Crippen molar-refractivity contribution in [2.75, 3.05) is 0 Å². The number of benzene rings is 1. The summed E-state index contributed by atoms with van der Waals surface area (Å²) < 4.78 is 0. The summed E-state index contributed by atoms with van der Waals surface area (Å²) in [6.07, 6.45) is 5.19. The Bertz CT molecular complexity index is 417. The smallest absolute Gasteiger partial charge is 0.249 e. The maximum absolute atomic E-state index is 11.3. The van der Waals surface area contributed by atoms with Gasteiger partial charge in [0.2, 0.25) is 5.91 Å². The van der Waals surface area contributed by atoms with Crippen LogP contribution >= 0.6 is 0 Å². The fraction of sp³-hybridized carbons (Fsp3) is 0.533. The van der Waals surface area contributed by atoms with E-state index in [0.717, 1.165) is 18.0 Å². The molecule has 0 aromatic heterocycles. The third-order valence-corrected chi connectivity index (χ3v) is 3.95. The minimum Gasteiger partial charge on any atom is -0.366 e. The maximum atomic E-state index is 11.3. The Kier molecular flexibility index (Phi) is 4.37. The summed E-state index contributed by atoms with van der Waals surface area (Å²) in [5.74, 6) is 0.378. The van der Waals surface area contributed by atoms with Gasteiger partial charge in [-0.25, -0.2) is 0 Å². The lowest BCUT2D eigenvalue weighted by molar-refractivity contribution is 0.0999. The van der Waals surface area contributed by atoms with E-state index in [0.29, 0.717) is 11.6 Å². The molecule has 98 valence electrons. The van der Waals surface area contributed by atoms with Gasteiger partial charge in [-0.3, -0.25) is 4.79 Å². The monoisotopic (exact) mass is 246 g/mol. The van der Waals surface area contributed by atoms with Gasteiger partial charge in [0.25, 0.3) is 0 Å². The molecule has 1 aromatic carbocycles. The van der Waals surface area contributed by atoms with Gasteiger partial charge in [0, 0.05) is 18.2 Å². The van der Waals surface area contributed by atoms with Crippen LogP contribution in [0.5, 0.6) is 0 Å². The Morgan fingerprint density at radius 2 is 2.06 bits per heavy atom. The van der Waals surface area contributed by atoms with E-state index in [-0.39, 0.29) is 5.91 Å². The molecule has 3 N–H and O–H groups in total. The second kappa shape index (κ2) is 6.01. The zero-order valence-corrected chi connectivity index (χ0v) is 11.0. The summed E-state index contributed by atoms with van der Waals surface area (Å²) in [6, 6.07) is 8.14. The molecule has 1 fully saturated rings. The summed E-state index contributed by atoms with van der Waals surface area (Å²) in [7, 11) is 0. The van der Waals surface area contributed by atoms with Crippen molar-refractivity contribution >= 4 is 5.91 Å². The van der Waals surface area contributed by atoms with Gasteiger partial charge in [-0.15, -0.1) is 0 Å². The summed E-state index contributed by atoms with van der Waals surface area (Å²) >= 11 is 0. The van der Waals surface area contributed by atoms with Crippen molar-refractivity contribution < 1.29 is 4.79 Å². The number of amides is 1. The number of rotatable bonds is 4. The zero-order chi connectivity index (χ0) is 13.0. The first-order valence-corrected chi connectivity index (χ1v) is 6.79. The number of carbonyl (C=O) groups excluding carboxylic acids is 1. The fourth-order valence-corrected chi connectivity index (χ4v) is 2.78. The van der Waals surface area contributed by atoms with E-state index < -0.39 is 0 Å². The zero-order valence-electron chi connectivity index (χ0n) is 11.0. The Balaban J connectivity index is 1.99. The van der Waals surface area contributed by atoms with Gasteiger partial charge in [-0.1, -0.05) is 38.0 Å². The average molecular weight is 246 g/mol. The van der Waals surface area contributed by atoms with Crippen molar-refractivity contribution in [2.24, 2.45) is 11.7 Å². The number of carbonyl (C=O) groups is 1. The van der Waals surface area contributed by atoms with Crippen LogP contribution in [-0.4, -0.2) is 11.9 Å². The molecule has 1 aliphatic carbocycles. The largest absolute Gasteiger partial charge is 0.366 e. The first-order valence-electron chi connectivity index (χ1n) is 6.79. The lowest BCUT2D eigenvalue weighted by Crippen LogP contribution is -2.37. The van der Waals surface area contributed by atoms with E-state index in [4.69, 9.17) is 5.73 Å². The summed E-state index contributed by atoms with van der Waals surface area (Å²) in [5, 5.41) is 3.58. The van der Waals surface area contributed by atoms with Gasteiger partial charge in [0.15, 0.2) is 0 Å². The fourth-order valence-electron chi connectivity index (χ4n) is 2.78. The summed E-state index contributed by atoms with van der Waals surface area (Å²) in [4.78, 5) is 11.3. The molecule has 2 atom stereocenters. The molecule has 0 radical (unpaired) electrons. The van der Waals surface area contributed by atoms with Crippen molar-refractivity contribution in [1.29, 1.82) is 0 Å². The first kappa shape index (κ1) is 13.1.